The van der Waals surface area contributed by atoms with E-state index in [-0.39, 0.29) is 0 Å². The molecule has 4 nitrogen and oxygen atoms in total. The minimum atomic E-state index is -3.48. The monoisotopic (exact) mass is 339 g/mol. The van der Waals surface area contributed by atoms with Crippen LogP contribution in [0.15, 0.2) is 4.90 Å². The van der Waals surface area contributed by atoms with Crippen LogP contribution in [-0.4, -0.2) is 28.2 Å². The van der Waals surface area contributed by atoms with E-state index in [1.165, 1.54) is 18.4 Å². The largest absolute Gasteiger partial charge is 0.381 e. The Hall–Kier alpha value is -0.910. The maximum absolute atomic E-state index is 12.7. The summed E-state index contributed by atoms with van der Waals surface area (Å²) >= 11 is 0. The lowest BCUT2D eigenvalue weighted by atomic mass is 9.95. The van der Waals surface area contributed by atoms with Crippen molar-refractivity contribution in [2.45, 2.75) is 58.8 Å². The number of rotatable bonds is 8. The smallest absolute Gasteiger partial charge is 0.241 e. The van der Waals surface area contributed by atoms with E-state index in [0.717, 1.165) is 34.8 Å². The molecule has 0 unspecified atom stereocenters. The zero-order chi connectivity index (χ0) is 17.2. The van der Waals surface area contributed by atoms with Crippen molar-refractivity contribution in [2.24, 2.45) is 5.92 Å². The van der Waals surface area contributed by atoms with Crippen LogP contribution in [0.1, 0.15) is 47.1 Å². The third-order valence-electron chi connectivity index (χ3n) is 5.01. The molecule has 1 aliphatic rings. The van der Waals surface area contributed by atoms with Crippen molar-refractivity contribution in [3.63, 3.8) is 0 Å². The van der Waals surface area contributed by atoms with Crippen LogP contribution in [0.5, 0.6) is 0 Å². The zero-order valence-electron chi connectivity index (χ0n) is 15.0. The van der Waals surface area contributed by atoms with Gasteiger partial charge in [0.2, 0.25) is 10.0 Å². The van der Waals surface area contributed by atoms with Gasteiger partial charge < -0.3 is 4.74 Å². The van der Waals surface area contributed by atoms with E-state index in [1.807, 2.05) is 34.6 Å². The van der Waals surface area contributed by atoms with Crippen LogP contribution in [0.2, 0.25) is 0 Å². The van der Waals surface area contributed by atoms with E-state index >= 15 is 0 Å². The molecule has 0 spiro atoms. The number of benzene rings is 1. The molecule has 2 rings (SSSR count). The Morgan fingerprint density at radius 1 is 0.957 bits per heavy atom. The quantitative estimate of drug-likeness (QED) is 0.739. The Balaban J connectivity index is 2.01. The van der Waals surface area contributed by atoms with Gasteiger partial charge >= 0.3 is 0 Å². The van der Waals surface area contributed by atoms with Gasteiger partial charge in [0.15, 0.2) is 0 Å². The van der Waals surface area contributed by atoms with Crippen molar-refractivity contribution in [2.75, 3.05) is 19.8 Å². The second-order valence-corrected chi connectivity index (χ2v) is 8.43. The number of hydrogen-bond donors (Lipinski definition) is 1. The summed E-state index contributed by atoms with van der Waals surface area (Å²) in [5.74, 6) is 0.746. The van der Waals surface area contributed by atoms with Crippen molar-refractivity contribution >= 4 is 10.0 Å². The molecule has 0 aromatic heterocycles. The first-order valence-corrected chi connectivity index (χ1v) is 9.88. The van der Waals surface area contributed by atoms with Gasteiger partial charge in [0.05, 0.1) is 4.90 Å². The first-order valence-electron chi connectivity index (χ1n) is 8.40. The molecule has 0 aliphatic heterocycles. The van der Waals surface area contributed by atoms with E-state index in [9.17, 15) is 8.42 Å². The van der Waals surface area contributed by atoms with Crippen molar-refractivity contribution < 1.29 is 13.2 Å². The Kier molecular flexibility index (Phi) is 5.87. The lowest BCUT2D eigenvalue weighted by molar-refractivity contribution is 0.123. The van der Waals surface area contributed by atoms with E-state index in [0.29, 0.717) is 24.5 Å². The van der Waals surface area contributed by atoms with Crippen LogP contribution in [0.3, 0.4) is 0 Å². The van der Waals surface area contributed by atoms with Gasteiger partial charge in [0.25, 0.3) is 0 Å². The summed E-state index contributed by atoms with van der Waals surface area (Å²) in [6.07, 6.45) is 3.25. The van der Waals surface area contributed by atoms with Crippen molar-refractivity contribution in [1.29, 1.82) is 0 Å². The fourth-order valence-corrected chi connectivity index (χ4v) is 4.53. The van der Waals surface area contributed by atoms with Crippen LogP contribution in [0.25, 0.3) is 0 Å². The highest BCUT2D eigenvalue weighted by atomic mass is 32.2. The highest BCUT2D eigenvalue weighted by molar-refractivity contribution is 7.89. The van der Waals surface area contributed by atoms with Crippen LogP contribution >= 0.6 is 0 Å². The fraction of sp³-hybridized carbons (Fsp3) is 0.667. The van der Waals surface area contributed by atoms with E-state index in [4.69, 9.17) is 4.74 Å². The van der Waals surface area contributed by atoms with Gasteiger partial charge in [-0.25, -0.2) is 13.1 Å². The molecule has 130 valence electrons. The Bertz CT molecular complexity index is 647. The summed E-state index contributed by atoms with van der Waals surface area (Å²) in [5, 5.41) is 0. The van der Waals surface area contributed by atoms with Gasteiger partial charge in [0, 0.05) is 19.8 Å². The molecule has 0 heterocycles. The SMILES string of the molecule is Cc1c(C)c(C)c(S(=O)(=O)NCCCOCC2CC2)c(C)c1C. The summed E-state index contributed by atoms with van der Waals surface area (Å²) in [5.41, 5.74) is 4.99. The molecule has 0 radical (unpaired) electrons. The summed E-state index contributed by atoms with van der Waals surface area (Å²) in [6, 6.07) is 0. The van der Waals surface area contributed by atoms with E-state index in [1.54, 1.807) is 0 Å². The molecule has 0 bridgehead atoms. The lowest BCUT2D eigenvalue weighted by Crippen LogP contribution is -2.27. The molecular formula is C18H29NO3S. The molecule has 1 N–H and O–H groups in total. The standard InChI is InChI=1S/C18H29NO3S/c1-12-13(2)15(4)18(16(5)14(12)3)23(20,21)19-9-6-10-22-11-17-7-8-17/h17,19H,6-11H2,1-5H3. The van der Waals surface area contributed by atoms with Crippen LogP contribution < -0.4 is 4.72 Å². The third kappa shape index (κ3) is 4.34. The second-order valence-electron chi connectivity index (χ2n) is 6.72. The third-order valence-corrected chi connectivity index (χ3v) is 6.74. The number of hydrogen-bond acceptors (Lipinski definition) is 3. The summed E-state index contributed by atoms with van der Waals surface area (Å²) in [4.78, 5) is 0.442. The Labute approximate surface area is 140 Å². The zero-order valence-corrected chi connectivity index (χ0v) is 15.8. The van der Waals surface area contributed by atoms with Gasteiger partial charge in [0.1, 0.15) is 0 Å². The highest BCUT2D eigenvalue weighted by Crippen LogP contribution is 2.30. The summed E-state index contributed by atoms with van der Waals surface area (Å²) in [6.45, 7) is 11.7. The number of nitrogens with one attached hydrogen (secondary N) is 1. The molecule has 1 aliphatic carbocycles. The molecule has 23 heavy (non-hydrogen) atoms. The van der Waals surface area contributed by atoms with E-state index < -0.39 is 10.0 Å². The van der Waals surface area contributed by atoms with Crippen LogP contribution in [0.4, 0.5) is 0 Å². The fourth-order valence-electron chi connectivity index (χ4n) is 2.86. The minimum absolute atomic E-state index is 0.415. The second kappa shape index (κ2) is 7.32. The number of ether oxygens (including phenoxy) is 1. The molecule has 0 amide bonds. The van der Waals surface area contributed by atoms with Crippen LogP contribution in [-0.2, 0) is 14.8 Å². The highest BCUT2D eigenvalue weighted by Gasteiger charge is 2.23. The predicted octanol–water partition coefficient (Wildman–Crippen LogP) is 3.32. The lowest BCUT2D eigenvalue weighted by Gasteiger charge is -2.19. The molecule has 0 saturated heterocycles. The van der Waals surface area contributed by atoms with Crippen molar-refractivity contribution in [3.05, 3.63) is 27.8 Å². The van der Waals surface area contributed by atoms with Crippen molar-refractivity contribution in [1.82, 2.24) is 4.72 Å². The van der Waals surface area contributed by atoms with Gasteiger partial charge in [-0.05, 0) is 87.6 Å². The molecule has 1 aromatic rings. The average Bonchev–Trinajstić information content (AvgIpc) is 3.30. The molecule has 5 heteroatoms. The first kappa shape index (κ1) is 18.4. The summed E-state index contributed by atoms with van der Waals surface area (Å²) in [7, 11) is -3.48. The summed E-state index contributed by atoms with van der Waals surface area (Å²) < 4.78 is 33.6. The molecule has 1 aromatic carbocycles. The average molecular weight is 340 g/mol. The maximum Gasteiger partial charge on any atom is 0.241 e. The first-order chi connectivity index (χ1) is 10.8. The van der Waals surface area contributed by atoms with Crippen molar-refractivity contribution in [3.8, 4) is 0 Å². The normalized spacial score (nSPS) is 15.2. The Morgan fingerprint density at radius 2 is 1.48 bits per heavy atom. The van der Waals surface area contributed by atoms with Gasteiger partial charge in [-0.2, -0.15) is 0 Å². The molecule has 0 atom stereocenters. The molecule has 1 fully saturated rings. The van der Waals surface area contributed by atoms with Gasteiger partial charge in [-0.3, -0.25) is 0 Å². The molecular weight excluding hydrogens is 310 g/mol. The Morgan fingerprint density at radius 3 is 2.00 bits per heavy atom. The van der Waals surface area contributed by atoms with Crippen LogP contribution in [0, 0.1) is 40.5 Å². The molecule has 1 saturated carbocycles. The van der Waals surface area contributed by atoms with Gasteiger partial charge in [-0.15, -0.1) is 0 Å². The number of sulfonamides is 1. The topological polar surface area (TPSA) is 55.4 Å². The predicted molar refractivity (Wildman–Crippen MR) is 93.5 cm³/mol. The maximum atomic E-state index is 12.7. The minimum Gasteiger partial charge on any atom is -0.381 e. The van der Waals surface area contributed by atoms with E-state index in [2.05, 4.69) is 4.72 Å². The van der Waals surface area contributed by atoms with Gasteiger partial charge in [-0.1, -0.05) is 0 Å².